The lowest BCUT2D eigenvalue weighted by Crippen LogP contribution is -2.39. The van der Waals surface area contributed by atoms with Crippen molar-refractivity contribution in [1.82, 2.24) is 15.0 Å². The molecule has 0 radical (unpaired) electrons. The van der Waals surface area contributed by atoms with Crippen molar-refractivity contribution < 1.29 is 8.42 Å². The quantitative estimate of drug-likeness (QED) is 0.724. The molecule has 2 fully saturated rings. The summed E-state index contributed by atoms with van der Waals surface area (Å²) >= 11 is 0. The molecule has 0 aliphatic heterocycles. The lowest BCUT2D eigenvalue weighted by Gasteiger charge is -2.25. The fourth-order valence-electron chi connectivity index (χ4n) is 2.03. The van der Waals surface area contributed by atoms with Gasteiger partial charge in [-0.1, -0.05) is 6.42 Å². The van der Waals surface area contributed by atoms with Gasteiger partial charge in [0.25, 0.3) is 0 Å². The molecular formula is C12H19N3O2S. The highest BCUT2D eigenvalue weighted by Gasteiger charge is 2.25. The van der Waals surface area contributed by atoms with E-state index < -0.39 is 10.0 Å². The Bertz CT molecular complexity index is 515. The molecule has 2 aliphatic carbocycles. The first kappa shape index (κ1) is 12.2. The van der Waals surface area contributed by atoms with Crippen LogP contribution in [0.25, 0.3) is 0 Å². The Kier molecular flexibility index (Phi) is 3.17. The normalized spacial score (nSPS) is 20.9. The molecule has 18 heavy (non-hydrogen) atoms. The van der Waals surface area contributed by atoms with Crippen LogP contribution >= 0.6 is 0 Å². The van der Waals surface area contributed by atoms with Crippen LogP contribution in [0, 0.1) is 0 Å². The number of aromatic amines is 1. The number of aromatic nitrogens is 1. The first-order chi connectivity index (χ1) is 8.63. The smallest absolute Gasteiger partial charge is 0.242 e. The first-order valence-corrected chi connectivity index (χ1v) is 8.05. The van der Waals surface area contributed by atoms with E-state index in [-0.39, 0.29) is 6.04 Å². The molecule has 2 saturated carbocycles. The largest absolute Gasteiger partial charge is 0.363 e. The van der Waals surface area contributed by atoms with E-state index in [1.807, 2.05) is 0 Å². The summed E-state index contributed by atoms with van der Waals surface area (Å²) < 4.78 is 26.8. The molecule has 0 saturated heterocycles. The molecule has 3 N–H and O–H groups in total. The summed E-state index contributed by atoms with van der Waals surface area (Å²) in [5.41, 5.74) is 0.927. The van der Waals surface area contributed by atoms with Crippen molar-refractivity contribution in [3.63, 3.8) is 0 Å². The molecule has 0 amide bonds. The second kappa shape index (κ2) is 4.68. The van der Waals surface area contributed by atoms with E-state index in [4.69, 9.17) is 0 Å². The molecule has 0 spiro atoms. The number of hydrogen-bond donors (Lipinski definition) is 3. The predicted octanol–water partition coefficient (Wildman–Crippen LogP) is 1.10. The van der Waals surface area contributed by atoms with Crippen LogP contribution in [0.3, 0.4) is 0 Å². The van der Waals surface area contributed by atoms with Gasteiger partial charge in [-0.05, 0) is 31.7 Å². The van der Waals surface area contributed by atoms with Crippen molar-refractivity contribution in [2.45, 2.75) is 55.6 Å². The molecule has 0 bridgehead atoms. The molecule has 2 aliphatic rings. The number of H-pyrrole nitrogens is 1. The van der Waals surface area contributed by atoms with E-state index in [2.05, 4.69) is 15.0 Å². The summed E-state index contributed by atoms with van der Waals surface area (Å²) in [6.07, 6.45) is 7.07. The summed E-state index contributed by atoms with van der Waals surface area (Å²) in [5, 5.41) is 3.35. The number of sulfonamides is 1. The zero-order chi connectivity index (χ0) is 12.6. The number of rotatable bonds is 6. The molecule has 3 rings (SSSR count). The highest BCUT2D eigenvalue weighted by Crippen LogP contribution is 2.22. The van der Waals surface area contributed by atoms with Gasteiger partial charge in [0.2, 0.25) is 10.0 Å². The van der Waals surface area contributed by atoms with Crippen LogP contribution < -0.4 is 10.0 Å². The Labute approximate surface area is 107 Å². The summed E-state index contributed by atoms with van der Waals surface area (Å²) in [6, 6.07) is 2.48. The maximum atomic E-state index is 12.0. The van der Waals surface area contributed by atoms with Crippen molar-refractivity contribution in [3.8, 4) is 0 Å². The Morgan fingerprint density at radius 2 is 2.00 bits per heavy atom. The van der Waals surface area contributed by atoms with Crippen LogP contribution in [0.4, 0.5) is 0 Å². The second-order valence-electron chi connectivity index (χ2n) is 5.26. The summed E-state index contributed by atoms with van der Waals surface area (Å²) in [5.74, 6) is 0. The fourth-order valence-corrected chi connectivity index (χ4v) is 3.35. The standard InChI is InChI=1S/C12H19N3O2S/c16-18(17,15-10-2-1-3-10)12-6-11(14-8-12)7-13-9-4-5-9/h6,8-10,13-15H,1-5,7H2. The third kappa shape index (κ3) is 2.76. The molecule has 1 aromatic rings. The maximum absolute atomic E-state index is 12.0. The average molecular weight is 269 g/mol. The number of hydrogen-bond acceptors (Lipinski definition) is 3. The van der Waals surface area contributed by atoms with Gasteiger partial charge in [0, 0.05) is 30.5 Å². The van der Waals surface area contributed by atoms with E-state index in [9.17, 15) is 8.42 Å². The van der Waals surface area contributed by atoms with Crippen molar-refractivity contribution in [3.05, 3.63) is 18.0 Å². The van der Waals surface area contributed by atoms with Gasteiger partial charge in [-0.25, -0.2) is 13.1 Å². The topological polar surface area (TPSA) is 74.0 Å². The number of nitrogens with one attached hydrogen (secondary N) is 3. The molecule has 100 valence electrons. The molecule has 6 heteroatoms. The third-order valence-corrected chi connectivity index (χ3v) is 5.11. The van der Waals surface area contributed by atoms with Gasteiger partial charge in [0.15, 0.2) is 0 Å². The first-order valence-electron chi connectivity index (χ1n) is 6.56. The van der Waals surface area contributed by atoms with E-state index in [0.717, 1.165) is 25.0 Å². The monoisotopic (exact) mass is 269 g/mol. The average Bonchev–Trinajstić information content (AvgIpc) is 2.98. The van der Waals surface area contributed by atoms with Gasteiger partial charge in [-0.2, -0.15) is 0 Å². The Morgan fingerprint density at radius 3 is 2.61 bits per heavy atom. The lowest BCUT2D eigenvalue weighted by atomic mass is 9.94. The SMILES string of the molecule is O=S(=O)(NC1CCC1)c1c[nH]c(CNC2CC2)c1. The summed E-state index contributed by atoms with van der Waals surface area (Å²) in [7, 11) is -3.33. The van der Waals surface area contributed by atoms with Crippen molar-refractivity contribution in [1.29, 1.82) is 0 Å². The van der Waals surface area contributed by atoms with Crippen LogP contribution in [-0.4, -0.2) is 25.5 Å². The van der Waals surface area contributed by atoms with E-state index in [1.165, 1.54) is 12.8 Å². The van der Waals surface area contributed by atoms with Gasteiger partial charge in [0.1, 0.15) is 0 Å². The van der Waals surface area contributed by atoms with Crippen LogP contribution in [0.5, 0.6) is 0 Å². The Hall–Kier alpha value is -0.850. The van der Waals surface area contributed by atoms with Crippen LogP contribution in [-0.2, 0) is 16.6 Å². The second-order valence-corrected chi connectivity index (χ2v) is 6.98. The van der Waals surface area contributed by atoms with Crippen molar-refractivity contribution >= 4 is 10.0 Å². The molecule has 0 aromatic carbocycles. The lowest BCUT2D eigenvalue weighted by molar-refractivity contribution is 0.383. The Balaban J connectivity index is 1.62. The van der Waals surface area contributed by atoms with E-state index in [1.54, 1.807) is 12.3 Å². The van der Waals surface area contributed by atoms with Gasteiger partial charge in [-0.15, -0.1) is 0 Å². The zero-order valence-electron chi connectivity index (χ0n) is 10.3. The highest BCUT2D eigenvalue weighted by molar-refractivity contribution is 7.89. The molecule has 1 heterocycles. The minimum atomic E-state index is -3.33. The van der Waals surface area contributed by atoms with Crippen LogP contribution in [0.15, 0.2) is 17.2 Å². The molecule has 1 aromatic heterocycles. The van der Waals surface area contributed by atoms with E-state index in [0.29, 0.717) is 17.5 Å². The van der Waals surface area contributed by atoms with Crippen molar-refractivity contribution in [2.24, 2.45) is 0 Å². The van der Waals surface area contributed by atoms with Gasteiger partial charge < -0.3 is 10.3 Å². The zero-order valence-corrected chi connectivity index (χ0v) is 11.1. The van der Waals surface area contributed by atoms with E-state index >= 15 is 0 Å². The third-order valence-electron chi connectivity index (χ3n) is 3.61. The van der Waals surface area contributed by atoms with Crippen molar-refractivity contribution in [2.75, 3.05) is 0 Å². The summed E-state index contributed by atoms with van der Waals surface area (Å²) in [6.45, 7) is 0.712. The van der Waals surface area contributed by atoms with Crippen LogP contribution in [0.1, 0.15) is 37.8 Å². The minimum absolute atomic E-state index is 0.137. The molecule has 5 nitrogen and oxygen atoms in total. The predicted molar refractivity (Wildman–Crippen MR) is 68.6 cm³/mol. The van der Waals surface area contributed by atoms with Gasteiger partial charge >= 0.3 is 0 Å². The van der Waals surface area contributed by atoms with Gasteiger partial charge in [-0.3, -0.25) is 0 Å². The Morgan fingerprint density at radius 1 is 1.22 bits per heavy atom. The fraction of sp³-hybridized carbons (Fsp3) is 0.667. The molecular weight excluding hydrogens is 250 g/mol. The highest BCUT2D eigenvalue weighted by atomic mass is 32.2. The molecule has 0 unspecified atom stereocenters. The minimum Gasteiger partial charge on any atom is -0.363 e. The van der Waals surface area contributed by atoms with Gasteiger partial charge in [0.05, 0.1) is 4.90 Å². The molecule has 0 atom stereocenters. The summed E-state index contributed by atoms with van der Waals surface area (Å²) in [4.78, 5) is 3.37. The van der Waals surface area contributed by atoms with Crippen LogP contribution in [0.2, 0.25) is 0 Å². The maximum Gasteiger partial charge on any atom is 0.242 e.